The van der Waals surface area contributed by atoms with Crippen molar-refractivity contribution in [2.75, 3.05) is 13.1 Å². The molecule has 25 heavy (non-hydrogen) atoms. The van der Waals surface area contributed by atoms with Crippen molar-refractivity contribution in [2.24, 2.45) is 18.0 Å². The summed E-state index contributed by atoms with van der Waals surface area (Å²) in [5, 5.41) is 14.0. The predicted molar refractivity (Wildman–Crippen MR) is 113 cm³/mol. The number of piperidine rings is 1. The molecular weight excluding hydrogens is 447 g/mol. The maximum atomic E-state index is 4.83. The maximum absolute atomic E-state index is 4.83. The van der Waals surface area contributed by atoms with Crippen LogP contribution in [-0.4, -0.2) is 38.7 Å². The van der Waals surface area contributed by atoms with E-state index < -0.39 is 0 Å². The average molecular weight is 474 g/mol. The van der Waals surface area contributed by atoms with E-state index in [4.69, 9.17) is 4.99 Å². The van der Waals surface area contributed by atoms with Gasteiger partial charge in [-0.05, 0) is 37.1 Å². The molecule has 1 aliphatic heterocycles. The van der Waals surface area contributed by atoms with Crippen LogP contribution in [0.15, 0.2) is 22.5 Å². The van der Waals surface area contributed by atoms with E-state index >= 15 is 0 Å². The van der Waals surface area contributed by atoms with Crippen molar-refractivity contribution in [3.8, 4) is 0 Å². The van der Waals surface area contributed by atoms with Crippen molar-refractivity contribution in [1.82, 2.24) is 25.0 Å². The molecule has 0 unspecified atom stereocenters. The quantitative estimate of drug-likeness (QED) is 0.420. The topological polar surface area (TPSA) is 58.3 Å². The van der Waals surface area contributed by atoms with Gasteiger partial charge in [-0.15, -0.1) is 45.5 Å². The number of thiophene rings is 1. The summed E-state index contributed by atoms with van der Waals surface area (Å²) >= 11 is 1.77. The van der Waals surface area contributed by atoms with Crippen molar-refractivity contribution in [3.63, 3.8) is 0 Å². The standard InChI is InChI=1S/C17H26N6S.HI/c1-13-6-8-23(9-7-13)17(18-11-15-5-4-10-24-15)19-12-16-21-20-14(2)22(16)3;/h4-5,10,13H,6-9,11-12H2,1-3H3,(H,18,19);1H. The Kier molecular flexibility index (Phi) is 7.67. The Labute approximate surface area is 170 Å². The monoisotopic (exact) mass is 474 g/mol. The first-order valence-electron chi connectivity index (χ1n) is 8.54. The molecule has 0 atom stereocenters. The summed E-state index contributed by atoms with van der Waals surface area (Å²) in [5.74, 6) is 3.60. The molecule has 0 bridgehead atoms. The zero-order valence-electron chi connectivity index (χ0n) is 15.1. The van der Waals surface area contributed by atoms with Crippen molar-refractivity contribution >= 4 is 41.3 Å². The normalized spacial score (nSPS) is 16.0. The summed E-state index contributed by atoms with van der Waals surface area (Å²) in [5.41, 5.74) is 0. The summed E-state index contributed by atoms with van der Waals surface area (Å²) < 4.78 is 2.00. The van der Waals surface area contributed by atoms with Crippen LogP contribution in [0.4, 0.5) is 0 Å². The van der Waals surface area contributed by atoms with E-state index in [2.05, 4.69) is 44.9 Å². The minimum absolute atomic E-state index is 0. The highest BCUT2D eigenvalue weighted by Gasteiger charge is 2.19. The first-order valence-corrected chi connectivity index (χ1v) is 9.42. The van der Waals surface area contributed by atoms with Crippen LogP contribution in [0.25, 0.3) is 0 Å². The average Bonchev–Trinajstić information content (AvgIpc) is 3.21. The third-order valence-corrected chi connectivity index (χ3v) is 5.51. The molecule has 1 aliphatic rings. The number of nitrogens with one attached hydrogen (secondary N) is 1. The number of rotatable bonds is 4. The van der Waals surface area contributed by atoms with Gasteiger partial charge in [0.25, 0.3) is 0 Å². The van der Waals surface area contributed by atoms with Gasteiger partial charge in [0.15, 0.2) is 11.8 Å². The Morgan fingerprint density at radius 3 is 2.72 bits per heavy atom. The summed E-state index contributed by atoms with van der Waals surface area (Å²) in [6.07, 6.45) is 2.45. The molecule has 0 radical (unpaired) electrons. The van der Waals surface area contributed by atoms with Crippen LogP contribution in [0.3, 0.4) is 0 Å². The number of aliphatic imine (C=N–C) groups is 1. The van der Waals surface area contributed by atoms with Crippen molar-refractivity contribution in [1.29, 1.82) is 0 Å². The lowest BCUT2D eigenvalue weighted by atomic mass is 10.00. The molecule has 0 spiro atoms. The fraction of sp³-hybridized carbons (Fsp3) is 0.588. The maximum Gasteiger partial charge on any atom is 0.194 e. The molecule has 0 aromatic carbocycles. The van der Waals surface area contributed by atoms with Gasteiger partial charge in [0.2, 0.25) is 0 Å². The van der Waals surface area contributed by atoms with Crippen LogP contribution in [-0.2, 0) is 20.1 Å². The van der Waals surface area contributed by atoms with Gasteiger partial charge in [-0.25, -0.2) is 4.99 Å². The van der Waals surface area contributed by atoms with Gasteiger partial charge in [-0.1, -0.05) is 13.0 Å². The lowest BCUT2D eigenvalue weighted by Gasteiger charge is -2.33. The van der Waals surface area contributed by atoms with Crippen LogP contribution in [0.1, 0.15) is 36.3 Å². The lowest BCUT2D eigenvalue weighted by molar-refractivity contribution is 0.273. The summed E-state index contributed by atoms with van der Waals surface area (Å²) in [6.45, 7) is 7.79. The Hall–Kier alpha value is -1.16. The van der Waals surface area contributed by atoms with Crippen LogP contribution in [0, 0.1) is 12.8 Å². The molecule has 1 fully saturated rings. The smallest absolute Gasteiger partial charge is 0.194 e. The van der Waals surface area contributed by atoms with Gasteiger partial charge in [-0.2, -0.15) is 0 Å². The Bertz CT molecular complexity index is 673. The molecule has 0 amide bonds. The molecule has 1 N–H and O–H groups in total. The van der Waals surface area contributed by atoms with Gasteiger partial charge in [-0.3, -0.25) is 0 Å². The minimum atomic E-state index is 0. The third kappa shape index (κ3) is 5.40. The molecule has 2 aromatic heterocycles. The van der Waals surface area contributed by atoms with E-state index in [-0.39, 0.29) is 24.0 Å². The van der Waals surface area contributed by atoms with Crippen LogP contribution in [0.2, 0.25) is 0 Å². The molecular formula is C17H27IN6S. The largest absolute Gasteiger partial charge is 0.351 e. The van der Waals surface area contributed by atoms with Gasteiger partial charge in [0, 0.05) is 25.0 Å². The fourth-order valence-electron chi connectivity index (χ4n) is 2.80. The summed E-state index contributed by atoms with van der Waals surface area (Å²) in [4.78, 5) is 8.52. The first kappa shape index (κ1) is 20.2. The van der Waals surface area contributed by atoms with Crippen LogP contribution in [0.5, 0.6) is 0 Å². The number of nitrogens with zero attached hydrogens (tertiary/aromatic N) is 5. The SMILES string of the molecule is Cc1nnc(CN=C(NCc2cccs2)N2CCC(C)CC2)n1C.I. The molecule has 8 heteroatoms. The number of guanidine groups is 1. The highest BCUT2D eigenvalue weighted by molar-refractivity contribution is 14.0. The van der Waals surface area contributed by atoms with E-state index in [1.165, 1.54) is 17.7 Å². The first-order chi connectivity index (χ1) is 11.6. The van der Waals surface area contributed by atoms with Crippen LogP contribution < -0.4 is 5.32 Å². The van der Waals surface area contributed by atoms with Crippen molar-refractivity contribution in [2.45, 2.75) is 39.8 Å². The highest BCUT2D eigenvalue weighted by Crippen LogP contribution is 2.16. The zero-order valence-corrected chi connectivity index (χ0v) is 18.3. The number of hydrogen-bond acceptors (Lipinski definition) is 4. The Balaban J connectivity index is 0.00000225. The molecule has 2 aromatic rings. The fourth-order valence-corrected chi connectivity index (χ4v) is 3.45. The molecule has 1 saturated heterocycles. The minimum Gasteiger partial charge on any atom is -0.351 e. The molecule has 138 valence electrons. The van der Waals surface area contributed by atoms with Gasteiger partial charge < -0.3 is 14.8 Å². The van der Waals surface area contributed by atoms with E-state index in [0.29, 0.717) is 6.54 Å². The number of hydrogen-bond donors (Lipinski definition) is 1. The zero-order chi connectivity index (χ0) is 16.9. The molecule has 3 rings (SSSR count). The summed E-state index contributed by atoms with van der Waals surface area (Å²) in [6, 6.07) is 4.24. The van der Waals surface area contributed by atoms with Gasteiger partial charge in [0.05, 0.1) is 6.54 Å². The second kappa shape index (κ2) is 9.51. The lowest BCUT2D eigenvalue weighted by Crippen LogP contribution is -2.45. The Morgan fingerprint density at radius 1 is 1.36 bits per heavy atom. The second-order valence-corrected chi connectivity index (χ2v) is 7.50. The molecule has 0 aliphatic carbocycles. The molecule has 3 heterocycles. The summed E-state index contributed by atoms with van der Waals surface area (Å²) in [7, 11) is 1.99. The predicted octanol–water partition coefficient (Wildman–Crippen LogP) is 3.18. The van der Waals surface area contributed by atoms with Gasteiger partial charge in [0.1, 0.15) is 12.4 Å². The van der Waals surface area contributed by atoms with Crippen molar-refractivity contribution < 1.29 is 0 Å². The van der Waals surface area contributed by atoms with E-state index in [1.54, 1.807) is 11.3 Å². The number of likely N-dealkylation sites (tertiary alicyclic amines) is 1. The second-order valence-electron chi connectivity index (χ2n) is 6.46. The van der Waals surface area contributed by atoms with Crippen molar-refractivity contribution in [3.05, 3.63) is 34.0 Å². The number of halogens is 1. The highest BCUT2D eigenvalue weighted by atomic mass is 127. The number of aryl methyl sites for hydroxylation is 1. The number of aromatic nitrogens is 3. The third-order valence-electron chi connectivity index (χ3n) is 4.64. The van der Waals surface area contributed by atoms with Crippen LogP contribution >= 0.6 is 35.3 Å². The van der Waals surface area contributed by atoms with E-state index in [9.17, 15) is 0 Å². The molecule has 0 saturated carbocycles. The van der Waals surface area contributed by atoms with Gasteiger partial charge >= 0.3 is 0 Å². The molecule has 6 nitrogen and oxygen atoms in total. The van der Waals surface area contributed by atoms with E-state index in [0.717, 1.165) is 43.2 Å². The van der Waals surface area contributed by atoms with E-state index in [1.807, 2.05) is 18.5 Å². The Morgan fingerprint density at radius 2 is 2.12 bits per heavy atom.